The van der Waals surface area contributed by atoms with Crippen LogP contribution in [-0.4, -0.2) is 37.8 Å². The van der Waals surface area contributed by atoms with Gasteiger partial charge in [0.2, 0.25) is 0 Å². The third-order valence-electron chi connectivity index (χ3n) is 5.58. The van der Waals surface area contributed by atoms with Gasteiger partial charge in [0, 0.05) is 23.9 Å². The first-order chi connectivity index (χ1) is 14.7. The van der Waals surface area contributed by atoms with Crippen molar-refractivity contribution in [2.75, 3.05) is 18.5 Å². The van der Waals surface area contributed by atoms with E-state index < -0.39 is 0 Å². The lowest BCUT2D eigenvalue weighted by molar-refractivity contribution is 0.249. The molecule has 1 atom stereocenters. The van der Waals surface area contributed by atoms with Crippen molar-refractivity contribution in [3.05, 3.63) is 59.6 Å². The number of rotatable bonds is 1. The van der Waals surface area contributed by atoms with Crippen LogP contribution in [0.15, 0.2) is 36.9 Å². The molecule has 2 aliphatic heterocycles. The zero-order valence-electron chi connectivity index (χ0n) is 16.1. The molecule has 4 aromatic rings. The zero-order valence-corrected chi connectivity index (χ0v) is 16.1. The molecule has 3 aromatic heterocycles. The van der Waals surface area contributed by atoms with Crippen LogP contribution in [-0.2, 0) is 6.54 Å². The van der Waals surface area contributed by atoms with Crippen molar-refractivity contribution in [2.45, 2.75) is 19.4 Å². The molecule has 0 saturated carbocycles. The molecule has 6 rings (SSSR count). The van der Waals surface area contributed by atoms with Gasteiger partial charge in [-0.15, -0.1) is 10.2 Å². The van der Waals surface area contributed by atoms with Gasteiger partial charge in [0.1, 0.15) is 17.9 Å². The number of ether oxygens (including phenoxy) is 2. The molecule has 0 fully saturated rings. The number of fused-ring (bicyclic) bond motifs is 3. The minimum atomic E-state index is -0.258. The summed E-state index contributed by atoms with van der Waals surface area (Å²) in [5, 5.41) is 11.6. The molecular weight excluding hydrogens is 387 g/mol. The Balaban J connectivity index is 1.51. The number of aromatic nitrogens is 5. The smallest absolute Gasteiger partial charge is 0.171 e. The molecule has 1 N–H and O–H groups in total. The lowest BCUT2D eigenvalue weighted by atomic mass is 9.96. The van der Waals surface area contributed by atoms with Crippen LogP contribution >= 0.6 is 0 Å². The summed E-state index contributed by atoms with van der Waals surface area (Å²) in [6.07, 6.45) is 5.02. The Morgan fingerprint density at radius 2 is 2.00 bits per heavy atom. The molecule has 2 aliphatic rings. The van der Waals surface area contributed by atoms with Crippen LogP contribution in [0.3, 0.4) is 0 Å². The van der Waals surface area contributed by atoms with E-state index >= 15 is 0 Å². The van der Waals surface area contributed by atoms with Crippen molar-refractivity contribution >= 4 is 11.5 Å². The van der Waals surface area contributed by atoms with E-state index in [4.69, 9.17) is 9.47 Å². The van der Waals surface area contributed by atoms with Gasteiger partial charge in [-0.25, -0.2) is 4.39 Å². The molecular formula is C21H17FN6O2. The number of aryl methyl sites for hydroxylation is 1. The summed E-state index contributed by atoms with van der Waals surface area (Å²) in [5.74, 6) is 1.69. The number of hydrogen-bond acceptors (Lipinski definition) is 7. The van der Waals surface area contributed by atoms with E-state index in [0.29, 0.717) is 48.2 Å². The number of halogens is 1. The maximum Gasteiger partial charge on any atom is 0.171 e. The number of nitrogens with zero attached hydrogens (tertiary/aromatic N) is 5. The second-order valence-electron chi connectivity index (χ2n) is 7.45. The third kappa shape index (κ3) is 2.51. The zero-order chi connectivity index (χ0) is 20.2. The quantitative estimate of drug-likeness (QED) is 0.522. The predicted molar refractivity (Wildman–Crippen MR) is 106 cm³/mol. The predicted octanol–water partition coefficient (Wildman–Crippen LogP) is 3.11. The van der Waals surface area contributed by atoms with Crippen molar-refractivity contribution in [1.82, 2.24) is 24.6 Å². The SMILES string of the molecule is Cc1cnc(-c2cc3c(n4cnnc24)NCc2c(F)ccc4c2[C@@H](CO4)CO3)cn1. The lowest BCUT2D eigenvalue weighted by Gasteiger charge is -2.16. The number of anilines is 1. The molecule has 0 bridgehead atoms. The molecule has 0 unspecified atom stereocenters. The monoisotopic (exact) mass is 404 g/mol. The van der Waals surface area contributed by atoms with E-state index in [2.05, 4.69) is 25.5 Å². The van der Waals surface area contributed by atoms with Crippen LogP contribution in [0.5, 0.6) is 11.5 Å². The highest BCUT2D eigenvalue weighted by molar-refractivity contribution is 5.79. The van der Waals surface area contributed by atoms with Crippen LogP contribution < -0.4 is 14.8 Å². The van der Waals surface area contributed by atoms with Crippen LogP contribution in [0, 0.1) is 12.7 Å². The highest BCUT2D eigenvalue weighted by Crippen LogP contribution is 2.41. The molecule has 9 heteroatoms. The highest BCUT2D eigenvalue weighted by Gasteiger charge is 2.31. The fourth-order valence-corrected chi connectivity index (χ4v) is 4.10. The molecule has 150 valence electrons. The minimum absolute atomic E-state index is 0.0438. The maximum absolute atomic E-state index is 14.7. The Morgan fingerprint density at radius 1 is 1.13 bits per heavy atom. The summed E-state index contributed by atoms with van der Waals surface area (Å²) < 4.78 is 28.4. The summed E-state index contributed by atoms with van der Waals surface area (Å²) >= 11 is 0. The number of pyridine rings is 1. The Kier molecular flexibility index (Phi) is 3.64. The molecule has 0 radical (unpaired) electrons. The molecule has 0 aliphatic carbocycles. The van der Waals surface area contributed by atoms with E-state index in [1.165, 1.54) is 6.07 Å². The van der Waals surface area contributed by atoms with Crippen LogP contribution in [0.25, 0.3) is 16.9 Å². The van der Waals surface area contributed by atoms with E-state index in [0.717, 1.165) is 22.6 Å². The first-order valence-electron chi connectivity index (χ1n) is 9.65. The van der Waals surface area contributed by atoms with Gasteiger partial charge in [-0.2, -0.15) is 0 Å². The van der Waals surface area contributed by atoms with Crippen molar-refractivity contribution < 1.29 is 13.9 Å². The maximum atomic E-state index is 14.7. The average Bonchev–Trinajstić information content (AvgIpc) is 3.40. The summed E-state index contributed by atoms with van der Waals surface area (Å²) in [4.78, 5) is 8.82. The number of benzene rings is 1. The lowest BCUT2D eigenvalue weighted by Crippen LogP contribution is -2.13. The van der Waals surface area contributed by atoms with E-state index in [9.17, 15) is 4.39 Å². The Hall–Kier alpha value is -3.75. The van der Waals surface area contributed by atoms with Crippen LogP contribution in [0.2, 0.25) is 0 Å². The normalized spacial score (nSPS) is 17.1. The summed E-state index contributed by atoms with van der Waals surface area (Å²) in [6, 6.07) is 5.02. The second kappa shape index (κ2) is 6.38. The minimum Gasteiger partial charge on any atom is -0.493 e. The van der Waals surface area contributed by atoms with E-state index in [1.54, 1.807) is 29.2 Å². The molecule has 0 amide bonds. The first kappa shape index (κ1) is 17.1. The van der Waals surface area contributed by atoms with E-state index in [1.807, 2.05) is 13.0 Å². The molecule has 0 spiro atoms. The standard InChI is InChI=1S/C21H17FN6O2/c1-11-5-24-16(7-23-11)13-4-18-21(28-10-26-27-20(13)28)25-6-14-15(22)2-3-17-19(14)12(8-29-17)9-30-18/h2-5,7,10,12,25H,6,8-9H2,1H3/t12-/m0/s1. The van der Waals surface area contributed by atoms with Crippen LogP contribution in [0.1, 0.15) is 22.7 Å². The fourth-order valence-electron chi connectivity index (χ4n) is 4.10. The number of nitrogens with one attached hydrogen (secondary N) is 1. The van der Waals surface area contributed by atoms with Gasteiger partial charge in [-0.1, -0.05) is 0 Å². The van der Waals surface area contributed by atoms with Gasteiger partial charge >= 0.3 is 0 Å². The van der Waals surface area contributed by atoms with Gasteiger partial charge in [0.25, 0.3) is 0 Å². The fraction of sp³-hybridized carbons (Fsp3) is 0.238. The van der Waals surface area contributed by atoms with Crippen molar-refractivity contribution in [2.24, 2.45) is 0 Å². The number of hydrogen-bond donors (Lipinski definition) is 1. The molecule has 8 nitrogen and oxygen atoms in total. The van der Waals surface area contributed by atoms with Crippen molar-refractivity contribution in [3.8, 4) is 22.8 Å². The summed E-state index contributed by atoms with van der Waals surface area (Å²) in [7, 11) is 0. The molecule has 5 heterocycles. The summed E-state index contributed by atoms with van der Waals surface area (Å²) in [6.45, 7) is 3.01. The van der Waals surface area contributed by atoms with Crippen LogP contribution in [0.4, 0.5) is 10.2 Å². The van der Waals surface area contributed by atoms with Gasteiger partial charge < -0.3 is 14.8 Å². The van der Waals surface area contributed by atoms with Gasteiger partial charge in [0.15, 0.2) is 17.2 Å². The molecule has 1 aromatic carbocycles. The average molecular weight is 404 g/mol. The Morgan fingerprint density at radius 3 is 2.83 bits per heavy atom. The van der Waals surface area contributed by atoms with E-state index in [-0.39, 0.29) is 11.7 Å². The second-order valence-corrected chi connectivity index (χ2v) is 7.45. The highest BCUT2D eigenvalue weighted by atomic mass is 19.1. The third-order valence-corrected chi connectivity index (χ3v) is 5.58. The van der Waals surface area contributed by atoms with Gasteiger partial charge in [0.05, 0.1) is 42.3 Å². The molecule has 30 heavy (non-hydrogen) atoms. The summed E-state index contributed by atoms with van der Waals surface area (Å²) in [5.41, 5.74) is 4.34. The Labute approximate surface area is 170 Å². The van der Waals surface area contributed by atoms with Crippen molar-refractivity contribution in [1.29, 1.82) is 0 Å². The first-order valence-corrected chi connectivity index (χ1v) is 9.65. The van der Waals surface area contributed by atoms with Crippen molar-refractivity contribution in [3.63, 3.8) is 0 Å². The van der Waals surface area contributed by atoms with Gasteiger partial charge in [-0.05, 0) is 25.1 Å². The topological polar surface area (TPSA) is 86.5 Å². The Bertz CT molecular complexity index is 1290. The van der Waals surface area contributed by atoms with Gasteiger partial charge in [-0.3, -0.25) is 14.4 Å². The molecule has 0 saturated heterocycles. The largest absolute Gasteiger partial charge is 0.493 e.